The van der Waals surface area contributed by atoms with Crippen LogP contribution in [0.5, 0.6) is 11.5 Å². The molecule has 3 N–H and O–H groups in total. The van der Waals surface area contributed by atoms with Gasteiger partial charge in [0, 0.05) is 23.4 Å². The summed E-state index contributed by atoms with van der Waals surface area (Å²) in [4.78, 5) is 25.9. The number of rotatable bonds is 15. The fourth-order valence-electron chi connectivity index (χ4n) is 4.80. The van der Waals surface area contributed by atoms with Gasteiger partial charge >= 0.3 is 12.1 Å². The predicted molar refractivity (Wildman–Crippen MR) is 173 cm³/mol. The van der Waals surface area contributed by atoms with Gasteiger partial charge < -0.3 is 38.9 Å². The normalized spacial score (nSPS) is 15.7. The molecule has 1 amide bonds. The maximum Gasteiger partial charge on any atom is 0.407 e. The van der Waals surface area contributed by atoms with Crippen LogP contribution in [0.4, 0.5) is 4.79 Å². The number of methoxy groups -OCH3 is 2. The van der Waals surface area contributed by atoms with E-state index in [0.29, 0.717) is 49.8 Å². The zero-order chi connectivity index (χ0) is 32.2. The van der Waals surface area contributed by atoms with Crippen LogP contribution in [0.2, 0.25) is 0 Å². The molecule has 3 unspecified atom stereocenters. The predicted octanol–water partition coefficient (Wildman–Crippen LogP) is 5.27. The van der Waals surface area contributed by atoms with Crippen LogP contribution in [0.15, 0.2) is 71.6 Å². The number of amides is 1. The van der Waals surface area contributed by atoms with E-state index in [4.69, 9.17) is 23.1 Å². The van der Waals surface area contributed by atoms with Crippen LogP contribution >= 0.6 is 12.0 Å². The lowest BCUT2D eigenvalue weighted by Crippen LogP contribution is -2.49. The monoisotopic (exact) mass is 638 g/mol. The highest BCUT2D eigenvalue weighted by atomic mass is 32.2. The molecule has 242 valence electrons. The lowest BCUT2D eigenvalue weighted by Gasteiger charge is -2.26. The number of benzene rings is 3. The molecule has 0 aliphatic carbocycles. The van der Waals surface area contributed by atoms with E-state index in [9.17, 15) is 14.7 Å². The Kier molecular flexibility index (Phi) is 12.9. The van der Waals surface area contributed by atoms with E-state index in [-0.39, 0.29) is 6.10 Å². The van der Waals surface area contributed by atoms with E-state index in [1.54, 1.807) is 25.3 Å². The number of carbonyl (C=O) groups is 2. The van der Waals surface area contributed by atoms with E-state index < -0.39 is 24.2 Å². The lowest BCUT2D eigenvalue weighted by atomic mass is 9.96. The van der Waals surface area contributed by atoms with Gasteiger partial charge in [0.05, 0.1) is 57.2 Å². The minimum atomic E-state index is -0.884. The molecule has 11 heteroatoms. The molecule has 1 heterocycles. The van der Waals surface area contributed by atoms with Crippen LogP contribution in [-0.4, -0.2) is 75.9 Å². The minimum Gasteiger partial charge on any atom is -0.497 e. The van der Waals surface area contributed by atoms with Gasteiger partial charge in [-0.3, -0.25) is 0 Å². The second-order valence-electron chi connectivity index (χ2n) is 11.2. The highest BCUT2D eigenvalue weighted by Crippen LogP contribution is 2.36. The quantitative estimate of drug-likeness (QED) is 0.150. The van der Waals surface area contributed by atoms with Crippen molar-refractivity contribution in [2.45, 2.75) is 49.8 Å². The third kappa shape index (κ3) is 10.4. The third-order valence-corrected chi connectivity index (χ3v) is 7.95. The highest BCUT2D eigenvalue weighted by molar-refractivity contribution is 7.95. The number of ether oxygens (including phenoxy) is 4. The number of nitrogens with one attached hydrogen (secondary N) is 2. The Morgan fingerprint density at radius 3 is 2.53 bits per heavy atom. The van der Waals surface area contributed by atoms with E-state index >= 15 is 0 Å². The number of hydrogen-bond donors (Lipinski definition) is 3. The molecule has 3 atom stereocenters. The first kappa shape index (κ1) is 34.1. The zero-order valence-electron chi connectivity index (χ0n) is 26.1. The van der Waals surface area contributed by atoms with Crippen molar-refractivity contribution >= 4 is 24.1 Å². The summed E-state index contributed by atoms with van der Waals surface area (Å²) in [6, 6.07) is 19.7. The Hall–Kier alpha value is -3.77. The van der Waals surface area contributed by atoms with Crippen LogP contribution in [0.3, 0.4) is 0 Å². The molecule has 10 nitrogen and oxygen atoms in total. The fraction of sp³-hybridized carbons (Fsp3) is 0.412. The molecule has 3 aromatic rings. The molecule has 1 aliphatic rings. The average Bonchev–Trinajstić information content (AvgIpc) is 3.56. The Labute approximate surface area is 268 Å². The van der Waals surface area contributed by atoms with Gasteiger partial charge in [-0.25, -0.2) is 9.59 Å². The third-order valence-electron chi connectivity index (χ3n) is 7.22. The summed E-state index contributed by atoms with van der Waals surface area (Å²) < 4.78 is 27.3. The maximum absolute atomic E-state index is 12.8. The van der Waals surface area contributed by atoms with Gasteiger partial charge in [0.1, 0.15) is 17.6 Å². The first-order valence-electron chi connectivity index (χ1n) is 15.0. The summed E-state index contributed by atoms with van der Waals surface area (Å²) in [5, 5.41) is 17.3. The van der Waals surface area contributed by atoms with Gasteiger partial charge in [-0.2, -0.15) is 0 Å². The summed E-state index contributed by atoms with van der Waals surface area (Å²) in [5.74, 6) is 1.26. The van der Waals surface area contributed by atoms with Gasteiger partial charge in [-0.15, -0.1) is 0 Å². The highest BCUT2D eigenvalue weighted by Gasteiger charge is 2.26. The molecular formula is C34H42N2O8S. The van der Waals surface area contributed by atoms with Crippen LogP contribution in [0.25, 0.3) is 11.1 Å². The molecule has 0 bridgehead atoms. The minimum absolute atomic E-state index is 0.296. The van der Waals surface area contributed by atoms with Crippen molar-refractivity contribution in [1.29, 1.82) is 0 Å². The molecule has 0 radical (unpaired) electrons. The number of esters is 1. The van der Waals surface area contributed by atoms with Crippen molar-refractivity contribution in [3.8, 4) is 22.6 Å². The van der Waals surface area contributed by atoms with Crippen molar-refractivity contribution in [2.75, 3.05) is 40.5 Å². The largest absolute Gasteiger partial charge is 0.497 e. The number of alkyl carbamates (subject to hydrolysis) is 1. The molecule has 0 aromatic heterocycles. The van der Waals surface area contributed by atoms with Crippen molar-refractivity contribution < 1.29 is 37.8 Å². The SMILES string of the molecule is COC(=O)c1cccc(-c2ccc(CC(NC(=O)OC3CCOC3)C(O)CNCC(C)C)cc2OSc2ccc(OC)cc2)c1. The summed E-state index contributed by atoms with van der Waals surface area (Å²) in [5.41, 5.74) is 2.77. The van der Waals surface area contributed by atoms with Crippen molar-refractivity contribution in [3.63, 3.8) is 0 Å². The number of carbonyl (C=O) groups excluding carboxylic acids is 2. The molecule has 0 saturated carbocycles. The summed E-state index contributed by atoms with van der Waals surface area (Å²) >= 11 is 1.18. The molecule has 1 fully saturated rings. The van der Waals surface area contributed by atoms with E-state index in [1.165, 1.54) is 19.2 Å². The molecular weight excluding hydrogens is 596 g/mol. The maximum atomic E-state index is 12.8. The molecule has 1 saturated heterocycles. The van der Waals surface area contributed by atoms with Gasteiger partial charge in [0.2, 0.25) is 0 Å². The standard InChI is InChI=1S/C34H42N2O8S/c1-22(2)19-35-20-31(37)30(36-34(39)43-27-14-15-42-21-27)16-23-8-13-29(24-6-5-7-25(18-24)33(38)41-4)32(17-23)44-45-28-11-9-26(40-3)10-12-28/h5-13,17-18,22,27,30-31,35,37H,14-16,19-21H2,1-4H3,(H,36,39). The van der Waals surface area contributed by atoms with E-state index in [1.807, 2.05) is 48.5 Å². The van der Waals surface area contributed by atoms with Crippen molar-refractivity contribution in [3.05, 3.63) is 77.9 Å². The molecule has 45 heavy (non-hydrogen) atoms. The average molecular weight is 639 g/mol. The van der Waals surface area contributed by atoms with Crippen LogP contribution in [0.1, 0.15) is 36.2 Å². The van der Waals surface area contributed by atoms with E-state index in [0.717, 1.165) is 33.9 Å². The topological polar surface area (TPSA) is 125 Å². The fourth-order valence-corrected chi connectivity index (χ4v) is 5.37. The Morgan fingerprint density at radius 2 is 1.84 bits per heavy atom. The van der Waals surface area contributed by atoms with Gasteiger partial charge in [0.25, 0.3) is 0 Å². The first-order chi connectivity index (χ1) is 21.7. The Bertz CT molecular complexity index is 1400. The smallest absolute Gasteiger partial charge is 0.407 e. The summed E-state index contributed by atoms with van der Waals surface area (Å²) in [7, 11) is 2.96. The second-order valence-corrected chi connectivity index (χ2v) is 12.0. The second kappa shape index (κ2) is 17.1. The van der Waals surface area contributed by atoms with Gasteiger partial charge in [-0.05, 0) is 72.5 Å². The molecule has 3 aromatic carbocycles. The zero-order valence-corrected chi connectivity index (χ0v) is 26.9. The van der Waals surface area contributed by atoms with Crippen LogP contribution in [-0.2, 0) is 20.6 Å². The summed E-state index contributed by atoms with van der Waals surface area (Å²) in [6.07, 6.45) is -0.835. The van der Waals surface area contributed by atoms with Crippen LogP contribution < -0.4 is 19.6 Å². The number of aliphatic hydroxyl groups excluding tert-OH is 1. The van der Waals surface area contributed by atoms with Crippen molar-refractivity contribution in [1.82, 2.24) is 10.6 Å². The molecule has 4 rings (SSSR count). The number of aliphatic hydroxyl groups is 1. The Balaban J connectivity index is 1.60. The van der Waals surface area contributed by atoms with Crippen LogP contribution in [0, 0.1) is 5.92 Å². The number of hydrogen-bond acceptors (Lipinski definition) is 10. The summed E-state index contributed by atoms with van der Waals surface area (Å²) in [6.45, 7) is 6.11. The Morgan fingerprint density at radius 1 is 1.04 bits per heavy atom. The first-order valence-corrected chi connectivity index (χ1v) is 15.7. The van der Waals surface area contributed by atoms with Gasteiger partial charge in [-0.1, -0.05) is 38.1 Å². The van der Waals surface area contributed by atoms with Gasteiger partial charge in [0.15, 0.2) is 0 Å². The van der Waals surface area contributed by atoms with E-state index in [2.05, 4.69) is 24.5 Å². The molecule has 0 spiro atoms. The molecule has 1 aliphatic heterocycles. The van der Waals surface area contributed by atoms with Crippen molar-refractivity contribution in [2.24, 2.45) is 5.92 Å². The lowest BCUT2D eigenvalue weighted by molar-refractivity contribution is 0.0600.